The molecule has 11 nitrogen and oxygen atoms in total. The lowest BCUT2D eigenvalue weighted by Gasteiger charge is -2.44. The Labute approximate surface area is 334 Å². The minimum atomic E-state index is -2.00. The Balaban J connectivity index is 1.16. The first-order valence-electron chi connectivity index (χ1n) is 20.3. The molecule has 0 unspecified atom stereocenters. The maximum absolute atomic E-state index is 13.6. The number of carbonyl (C=O) groups is 1. The molecule has 1 aliphatic heterocycles. The standard InChI is InChI=1S/C44H62N8O3Si/c1-28(2)56(29(3)4,30(5)6)55-34-23-24-51(26-34)43-50-49-41-22-19-33(27-52(41)43)54-38-21-20-37(35-13-11-12-14-36(35)38)47-42(53)48-40(25-39(45)44(8,9)10)46-32-17-15-31(7)16-18-32/h11-19,22,25,27-30,34,37-38H,20-21,23-24,26,45H2,1-10H3,(H2,46,47,48,53)/t34-,37+,38-/m1/s1. The van der Waals surface area contributed by atoms with Crippen molar-refractivity contribution in [2.24, 2.45) is 16.1 Å². The van der Waals surface area contributed by atoms with Gasteiger partial charge in [-0.2, -0.15) is 0 Å². The first-order chi connectivity index (χ1) is 26.5. The normalized spacial score (nSPS) is 19.6. The van der Waals surface area contributed by atoms with E-state index in [0.29, 0.717) is 41.0 Å². The second-order valence-corrected chi connectivity index (χ2v) is 22.9. The van der Waals surface area contributed by atoms with Crippen molar-refractivity contribution in [3.63, 3.8) is 0 Å². The molecule has 1 fully saturated rings. The molecule has 12 heteroatoms. The summed E-state index contributed by atoms with van der Waals surface area (Å²) in [5.74, 6) is 1.92. The first-order valence-corrected chi connectivity index (χ1v) is 22.4. The number of ether oxygens (including phenoxy) is 1. The molecule has 56 heavy (non-hydrogen) atoms. The number of nitrogens with two attached hydrogens (primary N) is 1. The van der Waals surface area contributed by atoms with E-state index in [1.54, 1.807) is 6.08 Å². The van der Waals surface area contributed by atoms with E-state index in [1.807, 2.05) is 86.8 Å². The maximum Gasteiger partial charge on any atom is 0.320 e. The SMILES string of the molecule is Cc1ccc(N=C(C=C(N)C(C)(C)C)NC(=O)N[C@H]2CC[C@@H](Oc3ccc4nnc(N5CC[C@@H](O[Si](C(C)C)(C(C)C)C(C)C)C5)n4c3)c3ccccc32)cc1. The van der Waals surface area contributed by atoms with Crippen LogP contribution in [-0.2, 0) is 4.43 Å². The molecule has 3 atom stereocenters. The predicted molar refractivity (Wildman–Crippen MR) is 229 cm³/mol. The summed E-state index contributed by atoms with van der Waals surface area (Å²) >= 11 is 0. The molecule has 3 heterocycles. The van der Waals surface area contributed by atoms with Gasteiger partial charge in [-0.1, -0.05) is 104 Å². The van der Waals surface area contributed by atoms with Crippen molar-refractivity contribution in [2.45, 2.75) is 123 Å². The number of hydrogen-bond donors (Lipinski definition) is 3. The number of nitrogens with zero attached hydrogens (tertiary/aromatic N) is 5. The fourth-order valence-electron chi connectivity index (χ4n) is 8.56. The Morgan fingerprint density at radius 2 is 1.61 bits per heavy atom. The molecule has 2 aromatic carbocycles. The summed E-state index contributed by atoms with van der Waals surface area (Å²) in [5, 5.41) is 15.3. The van der Waals surface area contributed by atoms with Crippen molar-refractivity contribution < 1.29 is 14.0 Å². The van der Waals surface area contributed by atoms with Gasteiger partial charge in [0.05, 0.1) is 24.0 Å². The lowest BCUT2D eigenvalue weighted by molar-refractivity contribution is 0.171. The molecular formula is C44H62N8O3Si. The molecule has 1 saturated heterocycles. The van der Waals surface area contributed by atoms with E-state index in [4.69, 9.17) is 19.9 Å². The number of pyridine rings is 1. The second-order valence-electron chi connectivity index (χ2n) is 17.5. The number of amides is 2. The Bertz CT molecular complexity index is 2030. The number of nitrogens with one attached hydrogen (secondary N) is 2. The van der Waals surface area contributed by atoms with E-state index in [1.165, 1.54) is 0 Å². The first kappa shape index (κ1) is 41.0. The van der Waals surface area contributed by atoms with Gasteiger partial charge in [-0.3, -0.25) is 9.72 Å². The molecule has 2 amide bonds. The zero-order valence-corrected chi connectivity index (χ0v) is 36.0. The van der Waals surface area contributed by atoms with Crippen LogP contribution in [0.15, 0.2) is 83.6 Å². The van der Waals surface area contributed by atoms with Gasteiger partial charge in [0.2, 0.25) is 14.3 Å². The van der Waals surface area contributed by atoms with Gasteiger partial charge in [0.15, 0.2) is 5.65 Å². The number of hydrogen-bond acceptors (Lipinski definition) is 8. The van der Waals surface area contributed by atoms with Crippen molar-refractivity contribution in [2.75, 3.05) is 18.0 Å². The molecule has 0 radical (unpaired) electrons. The Morgan fingerprint density at radius 3 is 2.27 bits per heavy atom. The van der Waals surface area contributed by atoms with Gasteiger partial charge in [-0.25, -0.2) is 9.79 Å². The predicted octanol–water partition coefficient (Wildman–Crippen LogP) is 9.68. The molecular weight excluding hydrogens is 717 g/mol. The van der Waals surface area contributed by atoms with Crippen LogP contribution in [0.1, 0.15) is 110 Å². The second kappa shape index (κ2) is 16.8. The number of amidine groups is 1. The monoisotopic (exact) mass is 778 g/mol. The summed E-state index contributed by atoms with van der Waals surface area (Å²) in [6, 6.07) is 19.4. The minimum Gasteiger partial charge on any atom is -0.484 e. The van der Waals surface area contributed by atoms with Gasteiger partial charge in [-0.15, -0.1) is 10.2 Å². The molecule has 2 aromatic heterocycles. The van der Waals surface area contributed by atoms with Gasteiger partial charge in [0, 0.05) is 30.3 Å². The van der Waals surface area contributed by atoms with E-state index < -0.39 is 8.32 Å². The summed E-state index contributed by atoms with van der Waals surface area (Å²) in [5.41, 5.74) is 13.1. The fraction of sp³-hybridized carbons (Fsp3) is 0.500. The van der Waals surface area contributed by atoms with Crippen LogP contribution in [0.4, 0.5) is 16.4 Å². The van der Waals surface area contributed by atoms with Gasteiger partial charge in [-0.05, 0) is 78.2 Å². The highest BCUT2D eigenvalue weighted by Gasteiger charge is 2.47. The number of carbonyl (C=O) groups excluding carboxylic acids is 1. The summed E-state index contributed by atoms with van der Waals surface area (Å²) < 4.78 is 15.9. The third-order valence-corrected chi connectivity index (χ3v) is 17.7. The summed E-state index contributed by atoms with van der Waals surface area (Å²) in [4.78, 5) is 20.6. The summed E-state index contributed by atoms with van der Waals surface area (Å²) in [7, 11) is -2.00. The molecule has 0 saturated carbocycles. The lowest BCUT2D eigenvalue weighted by Crippen LogP contribution is -2.50. The third kappa shape index (κ3) is 8.97. The highest BCUT2D eigenvalue weighted by Crippen LogP contribution is 2.44. The van der Waals surface area contributed by atoms with E-state index in [9.17, 15) is 4.79 Å². The van der Waals surface area contributed by atoms with Crippen LogP contribution >= 0.6 is 0 Å². The summed E-state index contributed by atoms with van der Waals surface area (Å²) in [6.07, 6.45) is 6.11. The average molecular weight is 779 g/mol. The highest BCUT2D eigenvalue weighted by atomic mass is 28.4. The largest absolute Gasteiger partial charge is 0.484 e. The van der Waals surface area contributed by atoms with Crippen molar-refractivity contribution in [3.8, 4) is 5.75 Å². The highest BCUT2D eigenvalue weighted by molar-refractivity contribution is 6.77. The number of aryl methyl sites for hydroxylation is 1. The Morgan fingerprint density at radius 1 is 0.929 bits per heavy atom. The topological polar surface area (TPSA) is 131 Å². The molecule has 300 valence electrons. The third-order valence-electron chi connectivity index (χ3n) is 11.6. The van der Waals surface area contributed by atoms with Gasteiger partial charge in [0.25, 0.3) is 0 Å². The number of fused-ring (bicyclic) bond motifs is 2. The summed E-state index contributed by atoms with van der Waals surface area (Å²) in [6.45, 7) is 23.8. The number of urea groups is 1. The van der Waals surface area contributed by atoms with Crippen molar-refractivity contribution in [3.05, 3.63) is 95.3 Å². The van der Waals surface area contributed by atoms with Crippen molar-refractivity contribution >= 4 is 37.5 Å². The molecule has 0 spiro atoms. The number of aliphatic imine (C=N–C) groups is 1. The smallest absolute Gasteiger partial charge is 0.320 e. The van der Waals surface area contributed by atoms with E-state index in [0.717, 1.165) is 59.2 Å². The number of allylic oxidation sites excluding steroid dienone is 1. The van der Waals surface area contributed by atoms with Crippen LogP contribution in [-0.4, -0.2) is 54.0 Å². The van der Waals surface area contributed by atoms with Crippen LogP contribution < -0.4 is 26.0 Å². The van der Waals surface area contributed by atoms with E-state index in [2.05, 4.69) is 79.4 Å². The van der Waals surface area contributed by atoms with E-state index in [-0.39, 0.29) is 29.7 Å². The minimum absolute atomic E-state index is 0.174. The van der Waals surface area contributed by atoms with Crippen LogP contribution in [0.2, 0.25) is 16.6 Å². The lowest BCUT2D eigenvalue weighted by atomic mass is 9.85. The molecule has 1 aliphatic carbocycles. The molecule has 4 N–H and O–H groups in total. The fourth-order valence-corrected chi connectivity index (χ4v) is 14.1. The van der Waals surface area contributed by atoms with Crippen LogP contribution in [0, 0.1) is 12.3 Å². The Hall–Kier alpha value is -4.68. The molecule has 2 aliphatic rings. The van der Waals surface area contributed by atoms with Gasteiger partial charge < -0.3 is 25.1 Å². The zero-order valence-electron chi connectivity index (χ0n) is 35.0. The quantitative estimate of drug-likeness (QED) is 0.0785. The van der Waals surface area contributed by atoms with Crippen LogP contribution in [0.3, 0.4) is 0 Å². The average Bonchev–Trinajstić information content (AvgIpc) is 3.78. The molecule has 6 rings (SSSR count). The number of anilines is 1. The van der Waals surface area contributed by atoms with E-state index >= 15 is 0 Å². The maximum atomic E-state index is 13.6. The van der Waals surface area contributed by atoms with Gasteiger partial charge in [0.1, 0.15) is 17.7 Å². The Kier molecular flexibility index (Phi) is 12.3. The number of benzene rings is 2. The van der Waals surface area contributed by atoms with Crippen LogP contribution in [0.5, 0.6) is 5.75 Å². The van der Waals surface area contributed by atoms with Crippen molar-refractivity contribution in [1.29, 1.82) is 0 Å². The van der Waals surface area contributed by atoms with Crippen LogP contribution in [0.25, 0.3) is 5.65 Å². The number of aromatic nitrogens is 3. The number of rotatable bonds is 11. The zero-order chi connectivity index (χ0) is 40.4. The molecule has 4 aromatic rings. The molecule has 0 bridgehead atoms. The van der Waals surface area contributed by atoms with Gasteiger partial charge >= 0.3 is 6.03 Å². The van der Waals surface area contributed by atoms with Crippen molar-refractivity contribution in [1.82, 2.24) is 25.2 Å².